The Morgan fingerprint density at radius 2 is 1.86 bits per heavy atom. The Bertz CT molecular complexity index is 855. The van der Waals surface area contributed by atoms with Gasteiger partial charge in [-0.3, -0.25) is 9.59 Å². The molecule has 4 rings (SSSR count). The number of piperidine rings is 1. The molecule has 0 saturated carbocycles. The van der Waals surface area contributed by atoms with E-state index in [-0.39, 0.29) is 42.2 Å². The number of thiophene rings is 1. The highest BCUT2D eigenvalue weighted by Gasteiger charge is 2.47. The summed E-state index contributed by atoms with van der Waals surface area (Å²) in [5.74, 6) is -0.0492. The van der Waals surface area contributed by atoms with E-state index in [1.807, 2.05) is 65.4 Å². The van der Waals surface area contributed by atoms with Crippen LogP contribution in [0.15, 0.2) is 41.8 Å². The average molecular weight is 413 g/mol. The predicted octanol–water partition coefficient (Wildman–Crippen LogP) is 3.77. The summed E-state index contributed by atoms with van der Waals surface area (Å²) in [7, 11) is 0. The number of nitrogens with zero attached hydrogens (tertiary/aromatic N) is 2. The first kappa shape index (κ1) is 20.1. The van der Waals surface area contributed by atoms with E-state index in [0.717, 1.165) is 29.0 Å². The fraction of sp³-hybridized carbons (Fsp3) is 0.478. The highest BCUT2D eigenvalue weighted by molar-refractivity contribution is 7.10. The Morgan fingerprint density at radius 1 is 1.17 bits per heavy atom. The zero-order valence-corrected chi connectivity index (χ0v) is 17.8. The predicted molar refractivity (Wildman–Crippen MR) is 115 cm³/mol. The van der Waals surface area contributed by atoms with E-state index in [4.69, 9.17) is 0 Å². The number of carbonyl (C=O) groups excluding carboxylic acids is 2. The third-order valence-electron chi connectivity index (χ3n) is 6.32. The summed E-state index contributed by atoms with van der Waals surface area (Å²) < 4.78 is 0. The van der Waals surface area contributed by atoms with Crippen LogP contribution in [0.1, 0.15) is 42.7 Å². The van der Waals surface area contributed by atoms with Gasteiger partial charge in [-0.25, -0.2) is 0 Å². The maximum atomic E-state index is 13.4. The fourth-order valence-corrected chi connectivity index (χ4v) is 5.47. The van der Waals surface area contributed by atoms with Crippen LogP contribution in [0.2, 0.25) is 0 Å². The summed E-state index contributed by atoms with van der Waals surface area (Å²) in [4.78, 5) is 31.2. The Hall–Kier alpha value is -2.18. The quantitative estimate of drug-likeness (QED) is 0.832. The lowest BCUT2D eigenvalue weighted by molar-refractivity contribution is -0.138. The number of aryl methyl sites for hydroxylation is 1. The Labute approximate surface area is 175 Å². The molecule has 154 valence electrons. The molecule has 2 amide bonds. The van der Waals surface area contributed by atoms with Crippen LogP contribution in [0.4, 0.5) is 5.69 Å². The van der Waals surface area contributed by atoms with E-state index in [0.29, 0.717) is 13.1 Å². The number of aliphatic hydroxyl groups excluding tert-OH is 1. The number of carbonyl (C=O) groups is 2. The van der Waals surface area contributed by atoms with Crippen molar-refractivity contribution in [3.63, 3.8) is 0 Å². The van der Waals surface area contributed by atoms with E-state index in [1.54, 1.807) is 11.3 Å². The summed E-state index contributed by atoms with van der Waals surface area (Å²) in [5.41, 5.74) is 1.99. The van der Waals surface area contributed by atoms with Crippen molar-refractivity contribution < 1.29 is 14.7 Å². The zero-order chi connectivity index (χ0) is 20.5. The average Bonchev–Trinajstić information content (AvgIpc) is 3.36. The molecule has 3 unspecified atom stereocenters. The number of anilines is 1. The highest BCUT2D eigenvalue weighted by atomic mass is 32.1. The van der Waals surface area contributed by atoms with Gasteiger partial charge in [-0.05, 0) is 56.2 Å². The van der Waals surface area contributed by atoms with Crippen molar-refractivity contribution in [1.82, 2.24) is 4.90 Å². The molecule has 2 aromatic rings. The molecule has 3 atom stereocenters. The van der Waals surface area contributed by atoms with Crippen molar-refractivity contribution in [1.29, 1.82) is 0 Å². The standard InChI is InChI=1S/C23H28N2O3S/c1-15-5-7-18(8-6-15)25-21(27)14-19(22(25)20-4-3-13-29-20)23(28)24-11-9-17(10-12-24)16(2)26/h3-8,13,16-17,19,22,26H,9-12,14H2,1-2H3. The first-order chi connectivity index (χ1) is 14.0. The SMILES string of the molecule is Cc1ccc(N2C(=O)CC(C(=O)N3CCC(C(C)O)CC3)C2c2cccs2)cc1. The van der Waals surface area contributed by atoms with Crippen LogP contribution in [0.3, 0.4) is 0 Å². The fourth-order valence-electron chi connectivity index (χ4n) is 4.59. The van der Waals surface area contributed by atoms with Gasteiger partial charge in [-0.2, -0.15) is 0 Å². The highest BCUT2D eigenvalue weighted by Crippen LogP contribution is 2.44. The number of rotatable bonds is 4. The van der Waals surface area contributed by atoms with Gasteiger partial charge in [0.15, 0.2) is 0 Å². The summed E-state index contributed by atoms with van der Waals surface area (Å²) in [6.45, 7) is 5.15. The molecule has 1 N–H and O–H groups in total. The molecule has 0 bridgehead atoms. The van der Waals surface area contributed by atoms with Crippen molar-refractivity contribution >= 4 is 28.8 Å². The summed E-state index contributed by atoms with van der Waals surface area (Å²) >= 11 is 1.60. The lowest BCUT2D eigenvalue weighted by Gasteiger charge is -2.36. The van der Waals surface area contributed by atoms with Crippen LogP contribution >= 0.6 is 11.3 Å². The van der Waals surface area contributed by atoms with Crippen LogP contribution in [0.5, 0.6) is 0 Å². The third kappa shape index (κ3) is 3.96. The summed E-state index contributed by atoms with van der Waals surface area (Å²) in [6, 6.07) is 11.7. The molecule has 29 heavy (non-hydrogen) atoms. The van der Waals surface area contributed by atoms with Gasteiger partial charge in [0.1, 0.15) is 0 Å². The van der Waals surface area contributed by atoms with Gasteiger partial charge in [-0.1, -0.05) is 23.8 Å². The largest absolute Gasteiger partial charge is 0.393 e. The number of likely N-dealkylation sites (tertiary alicyclic amines) is 1. The third-order valence-corrected chi connectivity index (χ3v) is 7.26. The van der Waals surface area contributed by atoms with Gasteiger partial charge >= 0.3 is 0 Å². The number of amides is 2. The van der Waals surface area contributed by atoms with Gasteiger partial charge in [0, 0.05) is 30.1 Å². The molecule has 5 nitrogen and oxygen atoms in total. The number of benzene rings is 1. The Morgan fingerprint density at radius 3 is 2.45 bits per heavy atom. The molecule has 1 aromatic carbocycles. The van der Waals surface area contributed by atoms with Gasteiger partial charge in [0.25, 0.3) is 0 Å². The first-order valence-electron chi connectivity index (χ1n) is 10.3. The topological polar surface area (TPSA) is 60.9 Å². The minimum Gasteiger partial charge on any atom is -0.393 e. The monoisotopic (exact) mass is 412 g/mol. The molecule has 2 aliphatic heterocycles. The van der Waals surface area contributed by atoms with Gasteiger partial charge in [0.2, 0.25) is 11.8 Å². The van der Waals surface area contributed by atoms with E-state index in [9.17, 15) is 14.7 Å². The number of aliphatic hydroxyl groups is 1. The molecule has 0 radical (unpaired) electrons. The Balaban J connectivity index is 1.60. The second-order valence-corrected chi connectivity index (χ2v) is 9.25. The first-order valence-corrected chi connectivity index (χ1v) is 11.2. The molecule has 6 heteroatoms. The molecule has 0 aliphatic carbocycles. The van der Waals surface area contributed by atoms with Crippen molar-refractivity contribution in [2.75, 3.05) is 18.0 Å². The van der Waals surface area contributed by atoms with Crippen LogP contribution in [0, 0.1) is 18.8 Å². The van der Waals surface area contributed by atoms with Gasteiger partial charge in [0.05, 0.1) is 18.1 Å². The molecule has 2 aliphatic rings. The molecule has 2 fully saturated rings. The summed E-state index contributed by atoms with van der Waals surface area (Å²) in [6.07, 6.45) is 1.53. The van der Waals surface area contributed by atoms with Gasteiger partial charge in [-0.15, -0.1) is 11.3 Å². The van der Waals surface area contributed by atoms with Crippen molar-refractivity contribution in [3.8, 4) is 0 Å². The van der Waals surface area contributed by atoms with Crippen molar-refractivity contribution in [2.24, 2.45) is 11.8 Å². The maximum Gasteiger partial charge on any atom is 0.228 e. The summed E-state index contributed by atoms with van der Waals surface area (Å²) in [5, 5.41) is 11.8. The molecule has 0 spiro atoms. The van der Waals surface area contributed by atoms with Crippen molar-refractivity contribution in [2.45, 2.75) is 45.3 Å². The van der Waals surface area contributed by atoms with Gasteiger partial charge < -0.3 is 14.9 Å². The van der Waals surface area contributed by atoms with Crippen LogP contribution in [0.25, 0.3) is 0 Å². The molecule has 3 heterocycles. The normalized spacial score (nSPS) is 24.2. The lowest BCUT2D eigenvalue weighted by Crippen LogP contribution is -2.44. The molecule has 1 aromatic heterocycles. The lowest BCUT2D eigenvalue weighted by atomic mass is 9.90. The van der Waals surface area contributed by atoms with Crippen LogP contribution in [-0.4, -0.2) is 41.0 Å². The minimum absolute atomic E-state index is 0.00414. The van der Waals surface area contributed by atoms with E-state index < -0.39 is 0 Å². The minimum atomic E-state index is -0.370. The second kappa shape index (κ2) is 8.28. The molecular weight excluding hydrogens is 384 g/mol. The second-order valence-electron chi connectivity index (χ2n) is 8.27. The number of hydrogen-bond donors (Lipinski definition) is 1. The molecular formula is C23H28N2O3S. The van der Waals surface area contributed by atoms with Crippen molar-refractivity contribution in [3.05, 3.63) is 52.2 Å². The molecule has 2 saturated heterocycles. The smallest absolute Gasteiger partial charge is 0.228 e. The van der Waals surface area contributed by atoms with E-state index >= 15 is 0 Å². The van der Waals surface area contributed by atoms with E-state index in [2.05, 4.69) is 0 Å². The van der Waals surface area contributed by atoms with Crippen LogP contribution < -0.4 is 4.90 Å². The number of hydrogen-bond acceptors (Lipinski definition) is 4. The maximum absolute atomic E-state index is 13.4. The zero-order valence-electron chi connectivity index (χ0n) is 17.0. The van der Waals surface area contributed by atoms with Crippen LogP contribution in [-0.2, 0) is 9.59 Å². The Kier molecular flexibility index (Phi) is 5.74. The van der Waals surface area contributed by atoms with E-state index in [1.165, 1.54) is 0 Å².